The molecule has 13 nitrogen and oxygen atoms in total. The number of aliphatic hydroxyl groups excluding tert-OH is 1. The van der Waals surface area contributed by atoms with Gasteiger partial charge in [-0.05, 0) is 57.7 Å². The number of amides is 1. The van der Waals surface area contributed by atoms with E-state index in [1.54, 1.807) is 65.0 Å². The van der Waals surface area contributed by atoms with Crippen LogP contribution in [0.25, 0.3) is 0 Å². The Morgan fingerprint density at radius 3 is 2.22 bits per heavy atom. The maximum atomic E-state index is 15.0. The number of methoxy groups -OCH3 is 2. The third kappa shape index (κ3) is 6.49. The van der Waals surface area contributed by atoms with Crippen molar-refractivity contribution in [1.29, 1.82) is 0 Å². The Morgan fingerprint density at radius 1 is 1.04 bits per heavy atom. The van der Waals surface area contributed by atoms with Crippen LogP contribution >= 0.6 is 0 Å². The van der Waals surface area contributed by atoms with Crippen LogP contribution < -0.4 is 5.32 Å². The number of aliphatic hydroxyl groups is 2. The highest BCUT2D eigenvalue weighted by Crippen LogP contribution is 2.64. The second-order valence-corrected chi connectivity index (χ2v) is 16.2. The van der Waals surface area contributed by atoms with Crippen molar-refractivity contribution in [2.75, 3.05) is 20.8 Å². The zero-order chi connectivity index (χ0) is 37.9. The van der Waals surface area contributed by atoms with E-state index in [1.807, 2.05) is 13.8 Å². The van der Waals surface area contributed by atoms with Crippen molar-refractivity contribution in [3.63, 3.8) is 0 Å². The van der Waals surface area contributed by atoms with Gasteiger partial charge in [0.1, 0.15) is 23.9 Å². The summed E-state index contributed by atoms with van der Waals surface area (Å²) in [4.78, 5) is 54.3. The number of nitrogens with one attached hydrogen (secondary N) is 1. The number of hydrogen-bond donors (Lipinski definition) is 3. The highest BCUT2D eigenvalue weighted by molar-refractivity contribution is 5.93. The molecule has 1 heterocycles. The number of carbonyl (C=O) groups is 4. The number of ketones is 1. The van der Waals surface area contributed by atoms with Gasteiger partial charge in [0.25, 0.3) is 0 Å². The van der Waals surface area contributed by atoms with Crippen molar-refractivity contribution in [2.45, 2.75) is 128 Å². The number of Topliss-reactive ketones (excluding diaryl/α,β-unsaturated/α-hetero) is 1. The van der Waals surface area contributed by atoms with Crippen molar-refractivity contribution in [3.8, 4) is 0 Å². The van der Waals surface area contributed by atoms with Gasteiger partial charge in [-0.3, -0.25) is 9.59 Å². The zero-order valence-electron chi connectivity index (χ0n) is 31.2. The minimum Gasteiger partial charge on any atom is -0.456 e. The van der Waals surface area contributed by atoms with Gasteiger partial charge in [-0.1, -0.05) is 44.2 Å². The third-order valence-electron chi connectivity index (χ3n) is 11.8. The van der Waals surface area contributed by atoms with Gasteiger partial charge in [-0.15, -0.1) is 0 Å². The molecule has 1 aliphatic heterocycles. The molecule has 51 heavy (non-hydrogen) atoms. The van der Waals surface area contributed by atoms with E-state index in [9.17, 15) is 29.4 Å². The molecule has 0 aromatic heterocycles. The summed E-state index contributed by atoms with van der Waals surface area (Å²) < 4.78 is 35.3. The normalized spacial score (nSPS) is 35.5. The summed E-state index contributed by atoms with van der Waals surface area (Å²) in [5.74, 6) is -2.70. The van der Waals surface area contributed by atoms with Crippen molar-refractivity contribution < 1.29 is 57.8 Å². The number of hydrogen-bond acceptors (Lipinski definition) is 12. The maximum Gasteiger partial charge on any atom is 0.408 e. The molecule has 1 amide bonds. The molecular weight excluding hydrogens is 662 g/mol. The number of ether oxygens (including phenoxy) is 6. The van der Waals surface area contributed by atoms with Gasteiger partial charge in [0.05, 0.1) is 29.8 Å². The fourth-order valence-corrected chi connectivity index (χ4v) is 9.02. The molecule has 0 unspecified atom stereocenters. The fourth-order valence-electron chi connectivity index (χ4n) is 9.02. The topological polar surface area (TPSA) is 176 Å². The third-order valence-corrected chi connectivity index (χ3v) is 11.8. The molecule has 282 valence electrons. The van der Waals surface area contributed by atoms with Gasteiger partial charge in [-0.2, -0.15) is 0 Å². The van der Waals surface area contributed by atoms with Gasteiger partial charge < -0.3 is 44.0 Å². The largest absolute Gasteiger partial charge is 0.456 e. The van der Waals surface area contributed by atoms with E-state index >= 15 is 0 Å². The molecule has 1 aromatic carbocycles. The summed E-state index contributed by atoms with van der Waals surface area (Å²) in [5.41, 5.74) is -4.72. The van der Waals surface area contributed by atoms with Crippen LogP contribution in [0.5, 0.6) is 0 Å². The number of rotatable bonds is 8. The average Bonchev–Trinajstić information content (AvgIpc) is 3.03. The van der Waals surface area contributed by atoms with Gasteiger partial charge in [0.15, 0.2) is 17.5 Å². The van der Waals surface area contributed by atoms with Gasteiger partial charge in [0, 0.05) is 45.3 Å². The van der Waals surface area contributed by atoms with E-state index in [1.165, 1.54) is 21.1 Å². The van der Waals surface area contributed by atoms with E-state index in [0.29, 0.717) is 16.7 Å². The summed E-state index contributed by atoms with van der Waals surface area (Å²) in [5, 5.41) is 27.0. The van der Waals surface area contributed by atoms with Crippen molar-refractivity contribution in [2.24, 2.45) is 16.7 Å². The fraction of sp³-hybridized carbons (Fsp3) is 0.684. The summed E-state index contributed by atoms with van der Waals surface area (Å²) >= 11 is 0. The molecule has 2 bridgehead atoms. The Labute approximate surface area is 299 Å². The van der Waals surface area contributed by atoms with Crippen LogP contribution in [0.1, 0.15) is 86.3 Å². The smallest absolute Gasteiger partial charge is 0.408 e. The van der Waals surface area contributed by atoms with Gasteiger partial charge >= 0.3 is 18.0 Å². The predicted octanol–water partition coefficient (Wildman–Crippen LogP) is 3.73. The maximum absolute atomic E-state index is 15.0. The standard InChI is InChI=1S/C38H53NO12/c1-20-23(49-32(43)29(41)28(22-14-12-11-13-15-22)39-33(44)51-34(3,4)5)17-37(45)18-24-36(8,31(42)30(47-10)27(20)35(37,6)7)25(46-9)16-26-38(24,19-48-26)50-21(2)40/h11-15,23-26,28-30,41,45H,16-19H2,1-10H3,(H,39,44)/t23-,24-,25-,26+,28-,29+,30+,36-,37+,38+/m0/s1. The van der Waals surface area contributed by atoms with E-state index < -0.39 is 88.1 Å². The Morgan fingerprint density at radius 2 is 1.69 bits per heavy atom. The minimum atomic E-state index is -1.88. The van der Waals surface area contributed by atoms with E-state index in [4.69, 9.17) is 28.4 Å². The van der Waals surface area contributed by atoms with E-state index in [-0.39, 0.29) is 31.7 Å². The summed E-state index contributed by atoms with van der Waals surface area (Å²) in [7, 11) is 2.93. The first-order valence-corrected chi connectivity index (χ1v) is 17.4. The van der Waals surface area contributed by atoms with Crippen LogP contribution in [0.15, 0.2) is 41.5 Å². The number of carbonyl (C=O) groups excluding carboxylic acids is 4. The predicted molar refractivity (Wildman–Crippen MR) is 182 cm³/mol. The van der Waals surface area contributed by atoms with Gasteiger partial charge in [0.2, 0.25) is 0 Å². The molecule has 3 aliphatic carbocycles. The summed E-state index contributed by atoms with van der Waals surface area (Å²) in [6.45, 7) is 13.6. The second kappa shape index (κ2) is 13.6. The second-order valence-electron chi connectivity index (χ2n) is 16.2. The first kappa shape index (κ1) is 38.9. The number of esters is 2. The van der Waals surface area contributed by atoms with Crippen LogP contribution in [-0.4, -0.2) is 102 Å². The van der Waals surface area contributed by atoms with Crippen LogP contribution in [0.3, 0.4) is 0 Å². The molecule has 3 N–H and O–H groups in total. The molecule has 5 rings (SSSR count). The number of benzene rings is 1. The van der Waals surface area contributed by atoms with Crippen LogP contribution in [-0.2, 0) is 42.8 Å². The molecule has 10 atom stereocenters. The lowest BCUT2D eigenvalue weighted by Crippen LogP contribution is -2.77. The van der Waals surface area contributed by atoms with E-state index in [0.717, 1.165) is 0 Å². The lowest BCUT2D eigenvalue weighted by molar-refractivity contribution is -0.329. The van der Waals surface area contributed by atoms with Gasteiger partial charge in [-0.25, -0.2) is 9.59 Å². The summed E-state index contributed by atoms with van der Waals surface area (Å²) in [6, 6.07) is 7.22. The molecule has 3 fully saturated rings. The minimum absolute atomic E-state index is 0.0349. The molecular formula is C38H53NO12. The molecule has 1 aromatic rings. The van der Waals surface area contributed by atoms with Crippen molar-refractivity contribution >= 4 is 23.8 Å². The molecule has 13 heteroatoms. The molecule has 0 radical (unpaired) electrons. The Bertz CT molecular complexity index is 1570. The van der Waals surface area contributed by atoms with Crippen molar-refractivity contribution in [1.82, 2.24) is 5.32 Å². The highest BCUT2D eigenvalue weighted by Gasteiger charge is 2.74. The molecule has 0 spiro atoms. The Hall–Kier alpha value is -3.36. The van der Waals surface area contributed by atoms with Crippen LogP contribution in [0.4, 0.5) is 4.79 Å². The number of fused-ring (bicyclic) bond motifs is 5. The van der Waals surface area contributed by atoms with Crippen LogP contribution in [0.2, 0.25) is 0 Å². The quantitative estimate of drug-likeness (QED) is 0.202. The lowest BCUT2D eigenvalue weighted by atomic mass is 9.46. The number of alkyl carbamates (subject to hydrolysis) is 1. The first-order valence-electron chi connectivity index (χ1n) is 17.4. The molecule has 1 saturated heterocycles. The highest BCUT2D eigenvalue weighted by atomic mass is 16.6. The SMILES string of the molecule is CO[C@H]1C(=O)[C@]2(C)[C@@H](OC)C[C@H]3OC[C@@]3(OC(C)=O)[C@H]2C[C@]2(O)C[C@H](OC(=O)[C@H](O)[C@@H](NC(=O)OC(C)(C)C)c3ccccc3)C(C)=C1C2(C)C. The average molecular weight is 716 g/mol. The van der Waals surface area contributed by atoms with E-state index in [2.05, 4.69) is 5.32 Å². The van der Waals surface area contributed by atoms with Crippen LogP contribution in [0, 0.1) is 16.7 Å². The molecule has 4 aliphatic rings. The summed E-state index contributed by atoms with van der Waals surface area (Å²) in [6.07, 6.45) is -6.10. The zero-order valence-corrected chi connectivity index (χ0v) is 31.2. The van der Waals surface area contributed by atoms with Crippen molar-refractivity contribution in [3.05, 3.63) is 47.0 Å². The Kier molecular flexibility index (Phi) is 10.3. The Balaban J connectivity index is 1.56. The first-order chi connectivity index (χ1) is 23.7. The lowest BCUT2D eigenvalue weighted by Gasteiger charge is -2.66. The monoisotopic (exact) mass is 715 g/mol. The molecule has 2 saturated carbocycles.